The zero-order valence-corrected chi connectivity index (χ0v) is 8.33. The van der Waals surface area contributed by atoms with Gasteiger partial charge in [-0.15, -0.1) is 11.8 Å². The van der Waals surface area contributed by atoms with E-state index in [2.05, 4.69) is 0 Å². The lowest BCUT2D eigenvalue weighted by Gasteiger charge is -2.20. The molecule has 0 bridgehead atoms. The zero-order chi connectivity index (χ0) is 10.1. The summed E-state index contributed by atoms with van der Waals surface area (Å²) in [5.41, 5.74) is 6.72. The van der Waals surface area contributed by atoms with Crippen molar-refractivity contribution in [3.8, 4) is 0 Å². The van der Waals surface area contributed by atoms with Gasteiger partial charge in [-0.25, -0.2) is 4.79 Å². The summed E-state index contributed by atoms with van der Waals surface area (Å²) in [5, 5.41) is 9.06. The van der Waals surface area contributed by atoms with E-state index < -0.39 is 5.97 Å². The standard InChI is InChI=1S/C10H11NO2S/c11-5-7-3-1-2-6-4-8(10(12)13)14-9(6)7/h1-4,6,9H,5,11H2,(H,12,13). The zero-order valence-electron chi connectivity index (χ0n) is 7.51. The average molecular weight is 209 g/mol. The van der Waals surface area contributed by atoms with Crippen LogP contribution in [0.1, 0.15) is 0 Å². The highest BCUT2D eigenvalue weighted by Gasteiger charge is 2.32. The Labute approximate surface area is 86.4 Å². The fourth-order valence-corrected chi connectivity index (χ4v) is 2.97. The normalized spacial score (nSPS) is 29.5. The molecule has 74 valence electrons. The van der Waals surface area contributed by atoms with Gasteiger partial charge in [0.05, 0.1) is 4.91 Å². The van der Waals surface area contributed by atoms with Crippen molar-refractivity contribution in [1.29, 1.82) is 0 Å². The third-order valence-electron chi connectivity index (χ3n) is 2.40. The van der Waals surface area contributed by atoms with Crippen molar-refractivity contribution in [3.63, 3.8) is 0 Å². The number of carboxylic acids is 1. The second-order valence-electron chi connectivity index (χ2n) is 3.28. The minimum Gasteiger partial charge on any atom is -0.477 e. The molecule has 0 radical (unpaired) electrons. The summed E-state index contributed by atoms with van der Waals surface area (Å²) in [6.07, 6.45) is 7.75. The number of thioether (sulfide) groups is 1. The fraction of sp³-hybridized carbons (Fsp3) is 0.300. The average Bonchev–Trinajstić information content (AvgIpc) is 2.60. The van der Waals surface area contributed by atoms with Gasteiger partial charge in [-0.1, -0.05) is 24.3 Å². The molecular formula is C10H11NO2S. The Morgan fingerprint density at radius 2 is 2.43 bits per heavy atom. The first-order valence-corrected chi connectivity index (χ1v) is 5.29. The highest BCUT2D eigenvalue weighted by molar-refractivity contribution is 8.05. The number of allylic oxidation sites excluding steroid dienone is 4. The van der Waals surface area contributed by atoms with Crippen LogP contribution in [0.4, 0.5) is 0 Å². The molecule has 0 amide bonds. The third kappa shape index (κ3) is 1.51. The van der Waals surface area contributed by atoms with Crippen LogP contribution in [-0.4, -0.2) is 22.9 Å². The number of carbonyl (C=O) groups is 1. The topological polar surface area (TPSA) is 63.3 Å². The van der Waals surface area contributed by atoms with Gasteiger partial charge in [0.15, 0.2) is 0 Å². The van der Waals surface area contributed by atoms with E-state index in [1.54, 1.807) is 6.08 Å². The lowest BCUT2D eigenvalue weighted by molar-refractivity contribution is -0.131. The molecule has 14 heavy (non-hydrogen) atoms. The number of rotatable bonds is 2. The van der Waals surface area contributed by atoms with Gasteiger partial charge in [-0.05, 0) is 5.57 Å². The second kappa shape index (κ2) is 3.63. The molecule has 2 atom stereocenters. The van der Waals surface area contributed by atoms with Crippen LogP contribution in [0.2, 0.25) is 0 Å². The molecule has 0 saturated carbocycles. The first kappa shape index (κ1) is 9.55. The van der Waals surface area contributed by atoms with Crippen molar-refractivity contribution >= 4 is 17.7 Å². The molecule has 0 aromatic heterocycles. The third-order valence-corrected chi connectivity index (χ3v) is 3.84. The van der Waals surface area contributed by atoms with Crippen LogP contribution in [0, 0.1) is 5.92 Å². The van der Waals surface area contributed by atoms with Gasteiger partial charge >= 0.3 is 5.97 Å². The van der Waals surface area contributed by atoms with Crippen LogP contribution in [0.3, 0.4) is 0 Å². The number of fused-ring (bicyclic) bond motifs is 1. The molecule has 2 unspecified atom stereocenters. The number of hydrogen-bond acceptors (Lipinski definition) is 3. The van der Waals surface area contributed by atoms with Crippen LogP contribution in [0.5, 0.6) is 0 Å². The van der Waals surface area contributed by atoms with Gasteiger partial charge in [0.2, 0.25) is 0 Å². The number of carboxylic acid groups (broad SMARTS) is 1. The second-order valence-corrected chi connectivity index (χ2v) is 4.47. The van der Waals surface area contributed by atoms with Crippen molar-refractivity contribution < 1.29 is 9.90 Å². The van der Waals surface area contributed by atoms with Crippen molar-refractivity contribution in [2.75, 3.05) is 6.54 Å². The molecule has 1 heterocycles. The summed E-state index contributed by atoms with van der Waals surface area (Å²) in [5.74, 6) is -0.635. The molecule has 3 N–H and O–H groups in total. The molecular weight excluding hydrogens is 198 g/mol. The van der Waals surface area contributed by atoms with E-state index in [9.17, 15) is 4.79 Å². The Bertz CT molecular complexity index is 357. The van der Waals surface area contributed by atoms with Gasteiger partial charge in [0.25, 0.3) is 0 Å². The Hall–Kier alpha value is -1.00. The van der Waals surface area contributed by atoms with Gasteiger partial charge in [-0.3, -0.25) is 0 Å². The number of aliphatic carboxylic acids is 1. The Morgan fingerprint density at radius 1 is 1.64 bits per heavy atom. The highest BCUT2D eigenvalue weighted by Crippen LogP contribution is 2.42. The molecule has 1 aliphatic carbocycles. The van der Waals surface area contributed by atoms with Crippen LogP contribution in [0.25, 0.3) is 0 Å². The maximum Gasteiger partial charge on any atom is 0.341 e. The van der Waals surface area contributed by atoms with Crippen molar-refractivity contribution in [2.45, 2.75) is 5.25 Å². The predicted molar refractivity (Wildman–Crippen MR) is 56.9 cm³/mol. The van der Waals surface area contributed by atoms with Gasteiger partial charge < -0.3 is 10.8 Å². The minimum atomic E-state index is -0.839. The monoisotopic (exact) mass is 209 g/mol. The molecule has 4 heteroatoms. The van der Waals surface area contributed by atoms with Crippen LogP contribution < -0.4 is 5.73 Å². The Kier molecular flexibility index (Phi) is 2.48. The smallest absolute Gasteiger partial charge is 0.341 e. The molecule has 0 aromatic rings. The minimum absolute atomic E-state index is 0.203. The summed E-state index contributed by atoms with van der Waals surface area (Å²) >= 11 is 1.40. The first-order chi connectivity index (χ1) is 6.72. The lowest BCUT2D eigenvalue weighted by Crippen LogP contribution is -2.21. The highest BCUT2D eigenvalue weighted by atomic mass is 32.2. The van der Waals surface area contributed by atoms with Crippen molar-refractivity contribution in [2.24, 2.45) is 11.7 Å². The van der Waals surface area contributed by atoms with Crippen LogP contribution in [0.15, 0.2) is 34.8 Å². The quantitative estimate of drug-likeness (QED) is 0.716. The Balaban J connectivity index is 2.23. The number of nitrogens with two attached hydrogens (primary N) is 1. The van der Waals surface area contributed by atoms with Gasteiger partial charge in [0.1, 0.15) is 0 Å². The maximum absolute atomic E-state index is 10.8. The SMILES string of the molecule is NCC1=CC=CC2C=C(C(=O)O)SC12. The molecule has 3 nitrogen and oxygen atoms in total. The first-order valence-electron chi connectivity index (χ1n) is 4.41. The van der Waals surface area contributed by atoms with E-state index in [0.29, 0.717) is 11.4 Å². The maximum atomic E-state index is 10.8. The lowest BCUT2D eigenvalue weighted by atomic mass is 9.93. The van der Waals surface area contributed by atoms with Crippen LogP contribution in [-0.2, 0) is 4.79 Å². The van der Waals surface area contributed by atoms with E-state index in [1.807, 2.05) is 18.2 Å². The largest absolute Gasteiger partial charge is 0.477 e. The van der Waals surface area contributed by atoms with E-state index >= 15 is 0 Å². The predicted octanol–water partition coefficient (Wildman–Crippen LogP) is 1.14. The Morgan fingerprint density at radius 3 is 3.07 bits per heavy atom. The van der Waals surface area contributed by atoms with Crippen LogP contribution >= 0.6 is 11.8 Å². The summed E-state index contributed by atoms with van der Waals surface area (Å²) < 4.78 is 0. The van der Waals surface area contributed by atoms with E-state index in [1.165, 1.54) is 11.8 Å². The van der Waals surface area contributed by atoms with Crippen molar-refractivity contribution in [1.82, 2.24) is 0 Å². The molecule has 2 rings (SSSR count). The molecule has 0 spiro atoms. The fourth-order valence-electron chi connectivity index (χ4n) is 1.70. The molecule has 1 aliphatic heterocycles. The van der Waals surface area contributed by atoms with E-state index in [4.69, 9.17) is 10.8 Å². The van der Waals surface area contributed by atoms with Crippen molar-refractivity contribution in [3.05, 3.63) is 34.8 Å². The summed E-state index contributed by atoms with van der Waals surface area (Å²) in [6, 6.07) is 0. The molecule has 0 fully saturated rings. The molecule has 0 saturated heterocycles. The van der Waals surface area contributed by atoms with Gasteiger partial charge in [0, 0.05) is 17.7 Å². The van der Waals surface area contributed by atoms with E-state index in [-0.39, 0.29) is 11.2 Å². The summed E-state index contributed by atoms with van der Waals surface area (Å²) in [7, 11) is 0. The summed E-state index contributed by atoms with van der Waals surface area (Å²) in [6.45, 7) is 0.499. The molecule has 2 aliphatic rings. The molecule has 0 aromatic carbocycles. The number of hydrogen-bond donors (Lipinski definition) is 2. The van der Waals surface area contributed by atoms with Gasteiger partial charge in [-0.2, -0.15) is 0 Å². The summed E-state index contributed by atoms with van der Waals surface area (Å²) in [4.78, 5) is 11.2. The van der Waals surface area contributed by atoms with E-state index in [0.717, 1.165) is 5.57 Å².